The van der Waals surface area contributed by atoms with Gasteiger partial charge in [-0.25, -0.2) is 0 Å². The number of piperidine rings is 1. The molecule has 5 nitrogen and oxygen atoms in total. The maximum atomic E-state index is 11.7. The molecule has 0 aromatic carbocycles. The van der Waals surface area contributed by atoms with Crippen LogP contribution in [-0.2, 0) is 9.53 Å². The number of likely N-dealkylation sites (tertiary alicyclic amines) is 1. The molecule has 1 fully saturated rings. The van der Waals surface area contributed by atoms with Gasteiger partial charge >= 0.3 is 0 Å². The highest BCUT2D eigenvalue weighted by atomic mass is 16.5. The number of carbonyl (C=O) groups is 1. The molecule has 0 spiro atoms. The van der Waals surface area contributed by atoms with E-state index in [1.54, 1.807) is 7.11 Å². The number of methoxy groups -OCH3 is 1. The van der Waals surface area contributed by atoms with Crippen LogP contribution in [0.4, 0.5) is 0 Å². The third-order valence-corrected chi connectivity index (χ3v) is 3.60. The summed E-state index contributed by atoms with van der Waals surface area (Å²) in [4.78, 5) is 14.2. The van der Waals surface area contributed by atoms with Crippen molar-refractivity contribution < 1.29 is 9.53 Å². The SMILES string of the molecule is COCCCN1CCC(NC(=O)CCC(C)N)CC1. The number of carbonyl (C=O) groups excluding carboxylic acids is 1. The van der Waals surface area contributed by atoms with Crippen LogP contribution in [0.2, 0.25) is 0 Å². The highest BCUT2D eigenvalue weighted by Crippen LogP contribution is 2.11. The van der Waals surface area contributed by atoms with Crippen molar-refractivity contribution in [3.63, 3.8) is 0 Å². The Bertz CT molecular complexity index is 251. The number of amides is 1. The lowest BCUT2D eigenvalue weighted by Crippen LogP contribution is -2.45. The van der Waals surface area contributed by atoms with Crippen molar-refractivity contribution in [1.29, 1.82) is 0 Å². The molecular weight excluding hydrogens is 242 g/mol. The van der Waals surface area contributed by atoms with Crippen LogP contribution >= 0.6 is 0 Å². The third kappa shape index (κ3) is 7.50. The van der Waals surface area contributed by atoms with Crippen LogP contribution in [0.15, 0.2) is 0 Å². The van der Waals surface area contributed by atoms with E-state index in [0.29, 0.717) is 12.5 Å². The molecule has 1 amide bonds. The molecule has 1 saturated heterocycles. The molecule has 0 saturated carbocycles. The average Bonchev–Trinajstić information content (AvgIpc) is 2.39. The van der Waals surface area contributed by atoms with E-state index in [-0.39, 0.29) is 11.9 Å². The molecule has 1 aliphatic heterocycles. The molecule has 1 heterocycles. The minimum atomic E-state index is 0.105. The highest BCUT2D eigenvalue weighted by molar-refractivity contribution is 5.76. The van der Waals surface area contributed by atoms with Gasteiger partial charge in [0.15, 0.2) is 0 Å². The van der Waals surface area contributed by atoms with Crippen molar-refractivity contribution in [2.45, 2.75) is 51.1 Å². The zero-order valence-electron chi connectivity index (χ0n) is 12.4. The van der Waals surface area contributed by atoms with Gasteiger partial charge < -0.3 is 20.7 Å². The normalized spacial score (nSPS) is 19.3. The predicted octanol–water partition coefficient (Wildman–Crippen LogP) is 0.731. The molecule has 0 aromatic heterocycles. The van der Waals surface area contributed by atoms with Crippen LogP contribution < -0.4 is 11.1 Å². The summed E-state index contributed by atoms with van der Waals surface area (Å²) >= 11 is 0. The summed E-state index contributed by atoms with van der Waals surface area (Å²) in [6.45, 7) is 6.00. The van der Waals surface area contributed by atoms with E-state index in [2.05, 4.69) is 10.2 Å². The number of nitrogens with two attached hydrogens (primary N) is 1. The monoisotopic (exact) mass is 271 g/mol. The largest absolute Gasteiger partial charge is 0.385 e. The van der Waals surface area contributed by atoms with Gasteiger partial charge in [-0.3, -0.25) is 4.79 Å². The molecule has 1 aliphatic rings. The first-order valence-electron chi connectivity index (χ1n) is 7.38. The Balaban J connectivity index is 2.10. The number of nitrogens with one attached hydrogen (secondary N) is 1. The fourth-order valence-corrected chi connectivity index (χ4v) is 2.39. The first-order chi connectivity index (χ1) is 9.11. The van der Waals surface area contributed by atoms with Crippen LogP contribution in [0.5, 0.6) is 0 Å². The van der Waals surface area contributed by atoms with Crippen molar-refractivity contribution in [1.82, 2.24) is 10.2 Å². The zero-order chi connectivity index (χ0) is 14.1. The van der Waals surface area contributed by atoms with Crippen LogP contribution in [0, 0.1) is 0 Å². The summed E-state index contributed by atoms with van der Waals surface area (Å²) in [5, 5.41) is 3.12. The minimum Gasteiger partial charge on any atom is -0.385 e. The molecular formula is C14H29N3O2. The summed E-state index contributed by atoms with van der Waals surface area (Å²) in [6.07, 6.45) is 4.50. The van der Waals surface area contributed by atoms with Gasteiger partial charge in [-0.15, -0.1) is 0 Å². The minimum absolute atomic E-state index is 0.105. The lowest BCUT2D eigenvalue weighted by Gasteiger charge is -2.32. The zero-order valence-corrected chi connectivity index (χ0v) is 12.4. The maximum Gasteiger partial charge on any atom is 0.220 e. The second kappa shape index (κ2) is 9.28. The van der Waals surface area contributed by atoms with Crippen molar-refractivity contribution in [3.8, 4) is 0 Å². The van der Waals surface area contributed by atoms with Gasteiger partial charge in [0.2, 0.25) is 5.91 Å². The fourth-order valence-electron chi connectivity index (χ4n) is 2.39. The summed E-state index contributed by atoms with van der Waals surface area (Å²) in [7, 11) is 1.74. The van der Waals surface area contributed by atoms with Gasteiger partial charge in [-0.05, 0) is 32.6 Å². The Morgan fingerprint density at radius 1 is 1.47 bits per heavy atom. The van der Waals surface area contributed by atoms with Crippen molar-refractivity contribution in [2.75, 3.05) is 33.4 Å². The Morgan fingerprint density at radius 3 is 2.74 bits per heavy atom. The summed E-state index contributed by atoms with van der Waals surface area (Å²) in [5.41, 5.74) is 5.65. The first kappa shape index (κ1) is 16.4. The standard InChI is InChI=1S/C14H29N3O2/c1-12(15)4-5-14(18)16-13-6-9-17(10-7-13)8-3-11-19-2/h12-13H,3-11,15H2,1-2H3,(H,16,18). The van der Waals surface area contributed by atoms with E-state index in [4.69, 9.17) is 10.5 Å². The van der Waals surface area contributed by atoms with Crippen LogP contribution in [-0.4, -0.2) is 56.2 Å². The third-order valence-electron chi connectivity index (χ3n) is 3.60. The Hall–Kier alpha value is -0.650. The molecule has 19 heavy (non-hydrogen) atoms. The first-order valence-corrected chi connectivity index (χ1v) is 7.38. The van der Waals surface area contributed by atoms with E-state index >= 15 is 0 Å². The predicted molar refractivity (Wildman–Crippen MR) is 77.0 cm³/mol. The van der Waals surface area contributed by atoms with E-state index in [9.17, 15) is 4.79 Å². The smallest absolute Gasteiger partial charge is 0.220 e. The van der Waals surface area contributed by atoms with Gasteiger partial charge in [0.25, 0.3) is 0 Å². The summed E-state index contributed by atoms with van der Waals surface area (Å²) in [5.74, 6) is 0.148. The number of rotatable bonds is 8. The topological polar surface area (TPSA) is 67.6 Å². The lowest BCUT2D eigenvalue weighted by molar-refractivity contribution is -0.122. The van der Waals surface area contributed by atoms with Gasteiger partial charge in [0.05, 0.1) is 0 Å². The number of nitrogens with zero attached hydrogens (tertiary/aromatic N) is 1. The van der Waals surface area contributed by atoms with E-state index < -0.39 is 0 Å². The second-order valence-electron chi connectivity index (χ2n) is 5.55. The molecule has 0 aromatic rings. The summed E-state index contributed by atoms with van der Waals surface area (Å²) in [6, 6.07) is 0.452. The molecule has 112 valence electrons. The average molecular weight is 271 g/mol. The van der Waals surface area contributed by atoms with Gasteiger partial charge in [0, 0.05) is 51.9 Å². The fraction of sp³-hybridized carbons (Fsp3) is 0.929. The number of ether oxygens (including phenoxy) is 1. The maximum absolute atomic E-state index is 11.7. The molecule has 0 radical (unpaired) electrons. The van der Waals surface area contributed by atoms with Crippen molar-refractivity contribution in [3.05, 3.63) is 0 Å². The molecule has 3 N–H and O–H groups in total. The molecule has 5 heteroatoms. The van der Waals surface area contributed by atoms with E-state index in [1.807, 2.05) is 6.92 Å². The molecule has 1 unspecified atom stereocenters. The number of hydrogen-bond acceptors (Lipinski definition) is 4. The quantitative estimate of drug-likeness (QED) is 0.639. The van der Waals surface area contributed by atoms with Gasteiger partial charge in [-0.1, -0.05) is 0 Å². The van der Waals surface area contributed by atoms with Gasteiger partial charge in [0.1, 0.15) is 0 Å². The van der Waals surface area contributed by atoms with E-state index in [0.717, 1.165) is 51.9 Å². The number of hydrogen-bond donors (Lipinski definition) is 2. The Morgan fingerprint density at radius 2 is 2.16 bits per heavy atom. The van der Waals surface area contributed by atoms with Crippen LogP contribution in [0.3, 0.4) is 0 Å². The lowest BCUT2D eigenvalue weighted by atomic mass is 10.0. The van der Waals surface area contributed by atoms with Gasteiger partial charge in [-0.2, -0.15) is 0 Å². The molecule has 0 aliphatic carbocycles. The van der Waals surface area contributed by atoms with Crippen LogP contribution in [0.1, 0.15) is 39.0 Å². The highest BCUT2D eigenvalue weighted by Gasteiger charge is 2.20. The molecule has 1 atom stereocenters. The Kier molecular flexibility index (Phi) is 8.02. The molecule has 0 bridgehead atoms. The Labute approximate surface area is 116 Å². The second-order valence-corrected chi connectivity index (χ2v) is 5.55. The molecule has 1 rings (SSSR count). The van der Waals surface area contributed by atoms with Crippen LogP contribution in [0.25, 0.3) is 0 Å². The van der Waals surface area contributed by atoms with Crippen molar-refractivity contribution >= 4 is 5.91 Å². The van der Waals surface area contributed by atoms with E-state index in [1.165, 1.54) is 0 Å². The van der Waals surface area contributed by atoms with Crippen molar-refractivity contribution in [2.24, 2.45) is 5.73 Å². The summed E-state index contributed by atoms with van der Waals surface area (Å²) < 4.78 is 5.06.